The minimum atomic E-state index is -2.30. The highest BCUT2D eigenvalue weighted by Gasteiger charge is 2.55. The van der Waals surface area contributed by atoms with Crippen molar-refractivity contribution < 1.29 is 23.9 Å². The summed E-state index contributed by atoms with van der Waals surface area (Å²) >= 11 is 0. The molecule has 0 rings (SSSR count). The van der Waals surface area contributed by atoms with Crippen molar-refractivity contribution in [2.75, 3.05) is 0 Å². The Labute approximate surface area is 418 Å². The van der Waals surface area contributed by atoms with Crippen molar-refractivity contribution in [1.29, 1.82) is 0 Å². The van der Waals surface area contributed by atoms with Crippen LogP contribution in [0.1, 0.15) is 350 Å². The Morgan fingerprint density at radius 3 is 0.731 bits per heavy atom. The number of ketones is 3. The van der Waals surface area contributed by atoms with Crippen LogP contribution in [0.2, 0.25) is 0 Å². The molecule has 1 atom stereocenters. The van der Waals surface area contributed by atoms with E-state index in [1.165, 1.54) is 212 Å². The molecule has 0 aromatic rings. The van der Waals surface area contributed by atoms with E-state index < -0.39 is 28.8 Å². The molecule has 0 saturated carbocycles. The molecule has 0 aliphatic heterocycles. The monoisotopic (exact) mass is 944 g/mol. The van der Waals surface area contributed by atoms with Gasteiger partial charge in [0, 0.05) is 19.3 Å². The van der Waals surface area contributed by atoms with Crippen LogP contribution in [0.5, 0.6) is 0 Å². The van der Waals surface area contributed by atoms with E-state index in [4.69, 9.17) is 10.5 Å². The number of carbonyl (C=O) groups is 4. The molecular weight excluding hydrogens is 827 g/mol. The lowest BCUT2D eigenvalue weighted by Crippen LogP contribution is -2.65. The Morgan fingerprint density at radius 2 is 0.522 bits per heavy atom. The summed E-state index contributed by atoms with van der Waals surface area (Å²) in [4.78, 5) is 56.9. The molecule has 0 aliphatic rings. The summed E-state index contributed by atoms with van der Waals surface area (Å²) in [7, 11) is 0. The summed E-state index contributed by atoms with van der Waals surface area (Å²) in [6, 6.07) is 0. The Morgan fingerprint density at radius 1 is 0.328 bits per heavy atom. The lowest BCUT2D eigenvalue weighted by atomic mass is 9.72. The number of carbonyl (C=O) groups excluding carboxylic acids is 4. The molecule has 0 bridgehead atoms. The average Bonchev–Trinajstić information content (AvgIpc) is 3.29. The Balaban J connectivity index is 5.25. The summed E-state index contributed by atoms with van der Waals surface area (Å²) in [6.07, 6.45) is 55.2. The van der Waals surface area contributed by atoms with E-state index in [1.807, 2.05) is 0 Å². The number of hydrogen-bond acceptors (Lipinski definition) is 6. The van der Waals surface area contributed by atoms with Gasteiger partial charge in [-0.1, -0.05) is 290 Å². The topological polar surface area (TPSA) is 104 Å². The molecule has 0 aliphatic carbocycles. The standard InChI is InChI=1S/C61H117NO5/c1-7-10-13-16-19-22-25-28-31-34-37-40-43-46-49-52-55(63)58(56(64)53-50-47-44-41-38-35-32-29-26-23-20-17-14-11-8-2)61(62,59(66)67-60(4,5)6)57(65)54-51-48-45-42-39-36-33-30-27-24-21-18-15-12-9-3/h58H,7-54,62H2,1-6H3. The van der Waals surface area contributed by atoms with Gasteiger partial charge in [0.1, 0.15) is 23.1 Å². The SMILES string of the molecule is CCCCCCCCCCCCCCCCCC(=O)C(C(=O)CCCCCCCCCCCCCCCCC)C(N)(C(=O)CCCCCCCCCCCCCCCCC)C(=O)OC(C)(C)C. The van der Waals surface area contributed by atoms with E-state index in [0.29, 0.717) is 19.3 Å². The Hall–Kier alpha value is -1.56. The molecule has 6 heteroatoms. The first-order chi connectivity index (χ1) is 32.4. The van der Waals surface area contributed by atoms with Crippen molar-refractivity contribution in [3.8, 4) is 0 Å². The van der Waals surface area contributed by atoms with Crippen LogP contribution in [-0.4, -0.2) is 34.5 Å². The van der Waals surface area contributed by atoms with Gasteiger partial charge in [-0.2, -0.15) is 0 Å². The van der Waals surface area contributed by atoms with Crippen molar-refractivity contribution in [3.05, 3.63) is 0 Å². The van der Waals surface area contributed by atoms with Crippen molar-refractivity contribution >= 4 is 23.3 Å². The zero-order chi connectivity index (χ0) is 49.5. The second kappa shape index (κ2) is 46.8. The summed E-state index contributed by atoms with van der Waals surface area (Å²) in [5, 5.41) is 0. The molecule has 0 aromatic carbocycles. The van der Waals surface area contributed by atoms with Gasteiger partial charge in [-0.25, -0.2) is 4.79 Å². The van der Waals surface area contributed by atoms with Crippen LogP contribution in [0, 0.1) is 5.92 Å². The third-order valence-corrected chi connectivity index (χ3v) is 14.4. The molecule has 396 valence electrons. The second-order valence-electron chi connectivity index (χ2n) is 22.3. The van der Waals surface area contributed by atoms with Gasteiger partial charge < -0.3 is 10.5 Å². The molecule has 1 unspecified atom stereocenters. The molecule has 0 aromatic heterocycles. The van der Waals surface area contributed by atoms with Gasteiger partial charge in [0.05, 0.1) is 0 Å². The largest absolute Gasteiger partial charge is 0.458 e. The Bertz CT molecular complexity index is 1100. The van der Waals surface area contributed by atoms with Crippen molar-refractivity contribution in [2.24, 2.45) is 11.7 Å². The van der Waals surface area contributed by atoms with Crippen LogP contribution in [-0.2, 0) is 23.9 Å². The number of unbranched alkanes of at least 4 members (excludes halogenated alkanes) is 42. The third kappa shape index (κ3) is 38.8. The molecule has 6 nitrogen and oxygen atoms in total. The first-order valence-electron chi connectivity index (χ1n) is 30.1. The smallest absolute Gasteiger partial charge is 0.335 e. The van der Waals surface area contributed by atoms with E-state index in [-0.39, 0.29) is 30.8 Å². The number of ether oxygens (including phenoxy) is 1. The van der Waals surface area contributed by atoms with E-state index in [0.717, 1.165) is 57.8 Å². The fraction of sp³-hybridized carbons (Fsp3) is 0.934. The maximum atomic E-state index is 14.3. The number of rotatable bonds is 53. The maximum absolute atomic E-state index is 14.3. The van der Waals surface area contributed by atoms with E-state index >= 15 is 0 Å². The molecule has 0 saturated heterocycles. The van der Waals surface area contributed by atoms with Crippen LogP contribution in [0.25, 0.3) is 0 Å². The second-order valence-corrected chi connectivity index (χ2v) is 22.3. The Kier molecular flexibility index (Phi) is 45.7. The average molecular weight is 945 g/mol. The predicted octanol–water partition coefficient (Wildman–Crippen LogP) is 19.1. The zero-order valence-corrected chi connectivity index (χ0v) is 46.1. The summed E-state index contributed by atoms with van der Waals surface area (Å²) < 4.78 is 5.81. The number of hydrogen-bond donors (Lipinski definition) is 1. The highest BCUT2D eigenvalue weighted by molar-refractivity contribution is 6.19. The summed E-state index contributed by atoms with van der Waals surface area (Å²) in [5.41, 5.74) is 3.72. The minimum Gasteiger partial charge on any atom is -0.458 e. The number of nitrogens with two attached hydrogens (primary N) is 1. The van der Waals surface area contributed by atoms with Crippen LogP contribution in [0.15, 0.2) is 0 Å². The molecule has 67 heavy (non-hydrogen) atoms. The molecular formula is C61H117NO5. The van der Waals surface area contributed by atoms with Crippen LogP contribution < -0.4 is 5.73 Å². The first kappa shape index (κ1) is 65.4. The zero-order valence-electron chi connectivity index (χ0n) is 46.1. The van der Waals surface area contributed by atoms with E-state index in [1.54, 1.807) is 20.8 Å². The van der Waals surface area contributed by atoms with E-state index in [9.17, 15) is 19.2 Å². The molecule has 0 heterocycles. The van der Waals surface area contributed by atoms with Crippen molar-refractivity contribution in [1.82, 2.24) is 0 Å². The van der Waals surface area contributed by atoms with Gasteiger partial charge >= 0.3 is 5.97 Å². The molecule has 0 radical (unpaired) electrons. The van der Waals surface area contributed by atoms with Gasteiger partial charge in [-0.15, -0.1) is 0 Å². The van der Waals surface area contributed by atoms with Crippen LogP contribution in [0.3, 0.4) is 0 Å². The van der Waals surface area contributed by atoms with Crippen LogP contribution >= 0.6 is 0 Å². The highest BCUT2D eigenvalue weighted by atomic mass is 16.6. The molecule has 0 spiro atoms. The summed E-state index contributed by atoms with van der Waals surface area (Å²) in [5.74, 6) is -3.66. The van der Waals surface area contributed by atoms with Crippen LogP contribution in [0.4, 0.5) is 0 Å². The first-order valence-corrected chi connectivity index (χ1v) is 30.1. The lowest BCUT2D eigenvalue weighted by molar-refractivity contribution is -0.170. The van der Waals surface area contributed by atoms with Crippen molar-refractivity contribution in [3.63, 3.8) is 0 Å². The molecule has 2 N–H and O–H groups in total. The van der Waals surface area contributed by atoms with Gasteiger partial charge in [-0.3, -0.25) is 14.4 Å². The summed E-state index contributed by atoms with van der Waals surface area (Å²) in [6.45, 7) is 12.0. The van der Waals surface area contributed by atoms with Gasteiger partial charge in [-0.05, 0) is 40.0 Å². The number of esters is 1. The molecule has 0 fully saturated rings. The highest BCUT2D eigenvalue weighted by Crippen LogP contribution is 2.30. The molecule has 0 amide bonds. The minimum absolute atomic E-state index is 0.0724. The normalized spacial score (nSPS) is 12.8. The quantitative estimate of drug-likeness (QED) is 0.0370. The fourth-order valence-corrected chi connectivity index (χ4v) is 9.94. The maximum Gasteiger partial charge on any atom is 0.335 e. The van der Waals surface area contributed by atoms with Gasteiger partial charge in [0.15, 0.2) is 11.3 Å². The third-order valence-electron chi connectivity index (χ3n) is 14.4. The number of Topliss-reactive ketones (excluding diaryl/α,β-unsaturated/α-hetero) is 3. The fourth-order valence-electron chi connectivity index (χ4n) is 9.94. The van der Waals surface area contributed by atoms with Gasteiger partial charge in [0.2, 0.25) is 0 Å². The van der Waals surface area contributed by atoms with Crippen molar-refractivity contribution in [2.45, 2.75) is 361 Å². The van der Waals surface area contributed by atoms with Gasteiger partial charge in [0.25, 0.3) is 0 Å². The van der Waals surface area contributed by atoms with E-state index in [2.05, 4.69) is 20.8 Å². The predicted molar refractivity (Wildman–Crippen MR) is 290 cm³/mol. The lowest BCUT2D eigenvalue weighted by Gasteiger charge is -2.35.